The lowest BCUT2D eigenvalue weighted by Crippen LogP contribution is -2.46. The average Bonchev–Trinajstić information content (AvgIpc) is 3.96. The summed E-state index contributed by atoms with van der Waals surface area (Å²) >= 11 is 0. The Kier molecular flexibility index (Phi) is 11.8. The van der Waals surface area contributed by atoms with E-state index in [2.05, 4.69) is 60.0 Å². The Hall–Kier alpha value is -2.84. The molecule has 2 aromatic rings. The molecule has 3 aliphatic rings. The highest BCUT2D eigenvalue weighted by Gasteiger charge is 2.26. The third kappa shape index (κ3) is 9.60. The fraction of sp³-hybridized carbons (Fsp3) is 0.647. The summed E-state index contributed by atoms with van der Waals surface area (Å²) in [7, 11) is 0. The molecule has 0 aromatic heterocycles. The Balaban J connectivity index is 1.18. The molecule has 5 rings (SSSR count). The van der Waals surface area contributed by atoms with Crippen molar-refractivity contribution < 1.29 is 28.4 Å². The first-order chi connectivity index (χ1) is 20.7. The largest absolute Gasteiger partial charge is 0.490 e. The van der Waals surface area contributed by atoms with Gasteiger partial charge in [-0.05, 0) is 37.1 Å². The third-order valence-electron chi connectivity index (χ3n) is 8.03. The van der Waals surface area contributed by atoms with Crippen molar-refractivity contribution in [2.24, 2.45) is 0 Å². The van der Waals surface area contributed by atoms with Crippen LogP contribution in [0.25, 0.3) is 0 Å². The molecule has 42 heavy (non-hydrogen) atoms. The zero-order valence-corrected chi connectivity index (χ0v) is 25.7. The summed E-state index contributed by atoms with van der Waals surface area (Å²) < 4.78 is 35.2. The van der Waals surface area contributed by atoms with E-state index in [1.54, 1.807) is 0 Å². The lowest BCUT2D eigenvalue weighted by molar-refractivity contribution is 0.239. The second-order valence-electron chi connectivity index (χ2n) is 11.6. The van der Waals surface area contributed by atoms with Crippen molar-refractivity contribution in [3.8, 4) is 23.0 Å². The summed E-state index contributed by atoms with van der Waals surface area (Å²) in [5.74, 6) is 3.28. The van der Waals surface area contributed by atoms with Gasteiger partial charge in [-0.15, -0.1) is 0 Å². The van der Waals surface area contributed by atoms with Gasteiger partial charge in [0.1, 0.15) is 25.4 Å². The maximum Gasteiger partial charge on any atom is 0.163 e. The molecule has 232 valence electrons. The highest BCUT2D eigenvalue weighted by Crippen LogP contribution is 2.36. The van der Waals surface area contributed by atoms with E-state index in [1.165, 1.54) is 49.9 Å². The molecule has 0 radical (unpaired) electrons. The average molecular weight is 583 g/mol. The summed E-state index contributed by atoms with van der Waals surface area (Å²) in [6.07, 6.45) is 9.87. The fourth-order valence-corrected chi connectivity index (χ4v) is 5.19. The fourth-order valence-electron chi connectivity index (χ4n) is 5.19. The summed E-state index contributed by atoms with van der Waals surface area (Å²) in [6, 6.07) is 12.7. The topological polar surface area (TPSA) is 68.5 Å². The van der Waals surface area contributed by atoms with Crippen LogP contribution < -0.4 is 28.7 Å². The molecule has 0 saturated carbocycles. The SMILES string of the molecule is CCCCCCOc1cc(N2CCN(c3ccc(OCC4CO4)c(OCCCCCC)c3)CC2)ccc1OCC1CO1. The van der Waals surface area contributed by atoms with Crippen molar-refractivity contribution in [1.82, 2.24) is 0 Å². The molecule has 0 spiro atoms. The van der Waals surface area contributed by atoms with Crippen LogP contribution in [0.15, 0.2) is 36.4 Å². The zero-order chi connectivity index (χ0) is 29.0. The molecule has 8 nitrogen and oxygen atoms in total. The van der Waals surface area contributed by atoms with Crippen LogP contribution in [-0.2, 0) is 9.47 Å². The number of rotatable bonds is 20. The van der Waals surface area contributed by atoms with E-state index < -0.39 is 0 Å². The second kappa shape index (κ2) is 16.1. The van der Waals surface area contributed by atoms with Crippen LogP contribution >= 0.6 is 0 Å². The van der Waals surface area contributed by atoms with Crippen molar-refractivity contribution in [3.63, 3.8) is 0 Å². The van der Waals surface area contributed by atoms with Gasteiger partial charge in [0.25, 0.3) is 0 Å². The molecular formula is C34H50N2O6. The maximum absolute atomic E-state index is 6.24. The minimum atomic E-state index is 0.218. The standard InChI is InChI=1S/C34H50N2O6/c1-3-5-7-9-19-37-33-21-27(11-13-31(33)41-25-29-23-39-29)35-15-17-36(18-16-35)28-12-14-32(42-26-30-24-40-30)34(22-28)38-20-10-8-6-4-2/h11-14,21-22,29-30H,3-10,15-20,23-26H2,1-2H3. The van der Waals surface area contributed by atoms with Gasteiger partial charge in [-0.25, -0.2) is 0 Å². The van der Waals surface area contributed by atoms with Crippen LogP contribution in [0.2, 0.25) is 0 Å². The lowest BCUT2D eigenvalue weighted by atomic mass is 10.2. The number of unbranched alkanes of at least 4 members (excludes halogenated alkanes) is 6. The molecule has 3 heterocycles. The van der Waals surface area contributed by atoms with Crippen LogP contribution in [0.1, 0.15) is 65.2 Å². The predicted molar refractivity (Wildman–Crippen MR) is 167 cm³/mol. The van der Waals surface area contributed by atoms with E-state index in [1.807, 2.05) is 0 Å². The van der Waals surface area contributed by atoms with Crippen molar-refractivity contribution >= 4 is 11.4 Å². The number of hydrogen-bond acceptors (Lipinski definition) is 8. The van der Waals surface area contributed by atoms with Gasteiger partial charge in [0.05, 0.1) is 26.4 Å². The molecule has 8 heteroatoms. The summed E-state index contributed by atoms with van der Waals surface area (Å²) in [5, 5.41) is 0. The number of epoxide rings is 2. The molecule has 2 atom stereocenters. The first-order valence-electron chi connectivity index (χ1n) is 16.3. The van der Waals surface area contributed by atoms with E-state index >= 15 is 0 Å². The van der Waals surface area contributed by atoms with Gasteiger partial charge < -0.3 is 38.2 Å². The van der Waals surface area contributed by atoms with Gasteiger partial charge in [0.2, 0.25) is 0 Å². The van der Waals surface area contributed by atoms with Crippen molar-refractivity contribution in [2.45, 2.75) is 77.4 Å². The van der Waals surface area contributed by atoms with E-state index in [0.29, 0.717) is 26.4 Å². The van der Waals surface area contributed by atoms with Crippen LogP contribution in [0.5, 0.6) is 23.0 Å². The van der Waals surface area contributed by atoms with E-state index in [9.17, 15) is 0 Å². The highest BCUT2D eigenvalue weighted by molar-refractivity contribution is 5.60. The number of nitrogens with zero attached hydrogens (tertiary/aromatic N) is 2. The normalized spacial score (nSPS) is 19.5. The Bertz CT molecular complexity index is 996. The summed E-state index contributed by atoms with van der Waals surface area (Å²) in [4.78, 5) is 4.87. The van der Waals surface area contributed by atoms with Crippen molar-refractivity contribution in [2.75, 3.05) is 75.6 Å². The number of anilines is 2. The predicted octanol–water partition coefficient (Wildman–Crippen LogP) is 6.49. The van der Waals surface area contributed by atoms with Gasteiger partial charge in [0.15, 0.2) is 23.0 Å². The monoisotopic (exact) mass is 582 g/mol. The molecule has 3 fully saturated rings. The minimum Gasteiger partial charge on any atom is -0.490 e. The van der Waals surface area contributed by atoms with Crippen molar-refractivity contribution in [3.05, 3.63) is 36.4 Å². The number of benzene rings is 2. The molecule has 2 unspecified atom stereocenters. The molecular weight excluding hydrogens is 532 g/mol. The maximum atomic E-state index is 6.24. The Labute approximate surface area is 252 Å². The lowest BCUT2D eigenvalue weighted by Gasteiger charge is -2.37. The molecule has 3 aliphatic heterocycles. The Morgan fingerprint density at radius 2 is 1.00 bits per heavy atom. The number of piperazine rings is 1. The van der Waals surface area contributed by atoms with Crippen LogP contribution in [0.4, 0.5) is 11.4 Å². The minimum absolute atomic E-state index is 0.218. The molecule has 0 N–H and O–H groups in total. The van der Waals surface area contributed by atoms with E-state index in [0.717, 1.165) is 75.2 Å². The van der Waals surface area contributed by atoms with Crippen LogP contribution in [-0.4, -0.2) is 78.0 Å². The smallest absolute Gasteiger partial charge is 0.163 e. The second-order valence-corrected chi connectivity index (χ2v) is 11.6. The molecule has 0 bridgehead atoms. The van der Waals surface area contributed by atoms with Crippen LogP contribution in [0, 0.1) is 0 Å². The molecule has 0 aliphatic carbocycles. The van der Waals surface area contributed by atoms with E-state index in [4.69, 9.17) is 28.4 Å². The van der Waals surface area contributed by atoms with E-state index in [-0.39, 0.29) is 12.2 Å². The van der Waals surface area contributed by atoms with Gasteiger partial charge in [-0.3, -0.25) is 0 Å². The molecule has 0 amide bonds. The van der Waals surface area contributed by atoms with Gasteiger partial charge in [-0.1, -0.05) is 52.4 Å². The number of hydrogen-bond donors (Lipinski definition) is 0. The summed E-state index contributed by atoms with van der Waals surface area (Å²) in [5.41, 5.74) is 2.35. The van der Waals surface area contributed by atoms with Gasteiger partial charge in [0, 0.05) is 49.7 Å². The Morgan fingerprint density at radius 3 is 1.38 bits per heavy atom. The quantitative estimate of drug-likeness (QED) is 0.130. The first kappa shape index (κ1) is 30.6. The highest BCUT2D eigenvalue weighted by atomic mass is 16.6. The van der Waals surface area contributed by atoms with Gasteiger partial charge >= 0.3 is 0 Å². The molecule has 3 saturated heterocycles. The zero-order valence-electron chi connectivity index (χ0n) is 25.7. The summed E-state index contributed by atoms with van der Waals surface area (Å²) in [6.45, 7) is 12.3. The van der Waals surface area contributed by atoms with Crippen molar-refractivity contribution in [1.29, 1.82) is 0 Å². The molecule has 2 aromatic carbocycles. The Morgan fingerprint density at radius 1 is 0.571 bits per heavy atom. The van der Waals surface area contributed by atoms with Crippen LogP contribution in [0.3, 0.4) is 0 Å². The first-order valence-corrected chi connectivity index (χ1v) is 16.3. The number of ether oxygens (including phenoxy) is 6. The van der Waals surface area contributed by atoms with Gasteiger partial charge in [-0.2, -0.15) is 0 Å². The third-order valence-corrected chi connectivity index (χ3v) is 8.03.